The molecule has 0 fully saturated rings. The first-order chi connectivity index (χ1) is 10.8. The molecule has 0 saturated heterocycles. The first-order valence-corrected chi connectivity index (χ1v) is 7.31. The number of amides is 1. The van der Waals surface area contributed by atoms with Gasteiger partial charge in [0, 0.05) is 12.1 Å². The second-order valence-electron chi connectivity index (χ2n) is 6.09. The summed E-state index contributed by atoms with van der Waals surface area (Å²) in [6, 6.07) is 11.8. The van der Waals surface area contributed by atoms with Crippen LogP contribution in [0.3, 0.4) is 0 Å². The third-order valence-electron chi connectivity index (χ3n) is 3.34. The van der Waals surface area contributed by atoms with E-state index in [-0.39, 0.29) is 24.5 Å². The van der Waals surface area contributed by atoms with E-state index in [0.29, 0.717) is 5.56 Å². The second kappa shape index (κ2) is 8.13. The zero-order valence-electron chi connectivity index (χ0n) is 13.9. The van der Waals surface area contributed by atoms with Crippen molar-refractivity contribution in [3.8, 4) is 16.9 Å². The van der Waals surface area contributed by atoms with Crippen LogP contribution in [0.4, 0.5) is 4.39 Å². The number of nitrogens with one attached hydrogen (secondary N) is 1. The molecule has 1 amide bonds. The fraction of sp³-hybridized carbons (Fsp3) is 0.278. The highest BCUT2D eigenvalue weighted by Crippen LogP contribution is 2.24. The zero-order chi connectivity index (χ0) is 17.0. The first kappa shape index (κ1) is 19.9. The summed E-state index contributed by atoms with van der Waals surface area (Å²) >= 11 is 0. The van der Waals surface area contributed by atoms with E-state index in [1.54, 1.807) is 39.2 Å². The van der Waals surface area contributed by atoms with Gasteiger partial charge in [0.2, 0.25) is 0 Å². The number of carbonyl (C=O) groups excluding carboxylic acids is 1. The van der Waals surface area contributed by atoms with Gasteiger partial charge in [0.05, 0.1) is 12.7 Å². The van der Waals surface area contributed by atoms with Gasteiger partial charge in [-0.2, -0.15) is 0 Å². The quantitative estimate of drug-likeness (QED) is 0.867. The van der Waals surface area contributed by atoms with E-state index in [9.17, 15) is 9.18 Å². The number of methoxy groups -OCH3 is 1. The molecule has 0 aliphatic carbocycles. The molecule has 2 aromatic carbocycles. The van der Waals surface area contributed by atoms with Crippen LogP contribution in [0.2, 0.25) is 0 Å². The van der Waals surface area contributed by atoms with Gasteiger partial charge in [-0.3, -0.25) is 4.79 Å². The zero-order valence-corrected chi connectivity index (χ0v) is 14.7. The molecule has 6 heteroatoms. The standard InChI is InChI=1S/C18H21FN2O2.ClH/c1-18(2,20)11-21-17(22)15-9-6-13(10-16(15)19)12-4-7-14(23-3)8-5-12;/h4-10H,11,20H2,1-3H3,(H,21,22);1H. The monoisotopic (exact) mass is 352 g/mol. The lowest BCUT2D eigenvalue weighted by Gasteiger charge is -2.19. The normalized spacial score (nSPS) is 10.7. The Morgan fingerprint density at radius 3 is 2.25 bits per heavy atom. The van der Waals surface area contributed by atoms with Crippen molar-refractivity contribution in [2.24, 2.45) is 5.73 Å². The summed E-state index contributed by atoms with van der Waals surface area (Å²) in [5.41, 5.74) is 6.81. The number of benzene rings is 2. The van der Waals surface area contributed by atoms with Gasteiger partial charge in [-0.05, 0) is 49.2 Å². The van der Waals surface area contributed by atoms with Crippen molar-refractivity contribution >= 4 is 18.3 Å². The van der Waals surface area contributed by atoms with E-state index in [2.05, 4.69) is 5.32 Å². The van der Waals surface area contributed by atoms with Crippen LogP contribution < -0.4 is 15.8 Å². The SMILES string of the molecule is COc1ccc(-c2ccc(C(=O)NCC(C)(C)N)c(F)c2)cc1.Cl. The summed E-state index contributed by atoms with van der Waals surface area (Å²) in [5, 5.41) is 2.63. The molecular formula is C18H22ClFN2O2. The maximum absolute atomic E-state index is 14.2. The molecule has 0 heterocycles. The fourth-order valence-corrected chi connectivity index (χ4v) is 2.07. The number of ether oxygens (including phenoxy) is 1. The van der Waals surface area contributed by atoms with Gasteiger partial charge in [-0.25, -0.2) is 4.39 Å². The number of hydrogen-bond acceptors (Lipinski definition) is 3. The molecule has 0 radical (unpaired) electrons. The lowest BCUT2D eigenvalue weighted by molar-refractivity contribution is 0.0942. The van der Waals surface area contributed by atoms with E-state index < -0.39 is 17.3 Å². The molecule has 130 valence electrons. The largest absolute Gasteiger partial charge is 0.497 e. The highest BCUT2D eigenvalue weighted by molar-refractivity contribution is 5.95. The van der Waals surface area contributed by atoms with Crippen molar-refractivity contribution in [2.75, 3.05) is 13.7 Å². The molecule has 0 aliphatic rings. The average molecular weight is 353 g/mol. The van der Waals surface area contributed by atoms with Crippen molar-refractivity contribution < 1.29 is 13.9 Å². The molecule has 0 atom stereocenters. The molecule has 0 spiro atoms. The summed E-state index contributed by atoms with van der Waals surface area (Å²) < 4.78 is 19.3. The van der Waals surface area contributed by atoms with Gasteiger partial charge in [-0.15, -0.1) is 12.4 Å². The Hall–Kier alpha value is -2.11. The third-order valence-corrected chi connectivity index (χ3v) is 3.34. The Morgan fingerprint density at radius 2 is 1.75 bits per heavy atom. The second-order valence-corrected chi connectivity index (χ2v) is 6.09. The summed E-state index contributed by atoms with van der Waals surface area (Å²) in [7, 11) is 1.59. The predicted octanol–water partition coefficient (Wildman–Crippen LogP) is 3.39. The maximum Gasteiger partial charge on any atom is 0.254 e. The van der Waals surface area contributed by atoms with Crippen molar-refractivity contribution in [1.82, 2.24) is 5.32 Å². The van der Waals surface area contributed by atoms with E-state index >= 15 is 0 Å². The summed E-state index contributed by atoms with van der Waals surface area (Å²) in [6.07, 6.45) is 0. The van der Waals surface area contributed by atoms with E-state index in [1.807, 2.05) is 12.1 Å². The minimum Gasteiger partial charge on any atom is -0.497 e. The average Bonchev–Trinajstić information content (AvgIpc) is 2.52. The van der Waals surface area contributed by atoms with Gasteiger partial charge >= 0.3 is 0 Å². The number of nitrogens with two attached hydrogens (primary N) is 1. The molecule has 4 nitrogen and oxygen atoms in total. The molecule has 3 N–H and O–H groups in total. The number of halogens is 2. The van der Waals surface area contributed by atoms with Crippen LogP contribution in [0.25, 0.3) is 11.1 Å². The first-order valence-electron chi connectivity index (χ1n) is 7.31. The Kier molecular flexibility index (Phi) is 6.75. The van der Waals surface area contributed by atoms with Crippen LogP contribution in [0, 0.1) is 5.82 Å². The number of rotatable bonds is 5. The maximum atomic E-state index is 14.2. The summed E-state index contributed by atoms with van der Waals surface area (Å²) in [4.78, 5) is 12.0. The molecule has 0 bridgehead atoms. The van der Waals surface area contributed by atoms with Gasteiger partial charge in [0.25, 0.3) is 5.91 Å². The minimum absolute atomic E-state index is 0. The van der Waals surface area contributed by atoms with Gasteiger partial charge < -0.3 is 15.8 Å². The van der Waals surface area contributed by atoms with E-state index in [4.69, 9.17) is 10.5 Å². The van der Waals surface area contributed by atoms with E-state index in [1.165, 1.54) is 12.1 Å². The molecule has 0 saturated carbocycles. The topological polar surface area (TPSA) is 64.3 Å². The molecular weight excluding hydrogens is 331 g/mol. The van der Waals surface area contributed by atoms with Crippen LogP contribution in [0.15, 0.2) is 42.5 Å². The Balaban J connectivity index is 0.00000288. The number of hydrogen-bond donors (Lipinski definition) is 2. The molecule has 24 heavy (non-hydrogen) atoms. The van der Waals surface area contributed by atoms with Crippen molar-refractivity contribution in [3.63, 3.8) is 0 Å². The Morgan fingerprint density at radius 1 is 1.17 bits per heavy atom. The van der Waals surface area contributed by atoms with Crippen LogP contribution >= 0.6 is 12.4 Å². The van der Waals surface area contributed by atoms with Gasteiger partial charge in [0.15, 0.2) is 0 Å². The number of carbonyl (C=O) groups is 1. The third kappa shape index (κ3) is 5.22. The van der Waals surface area contributed by atoms with Crippen LogP contribution in [-0.2, 0) is 0 Å². The highest BCUT2D eigenvalue weighted by Gasteiger charge is 2.16. The molecule has 2 aromatic rings. The Labute approximate surface area is 147 Å². The smallest absolute Gasteiger partial charge is 0.254 e. The lowest BCUT2D eigenvalue weighted by atomic mass is 10.0. The van der Waals surface area contributed by atoms with E-state index in [0.717, 1.165) is 11.3 Å². The summed E-state index contributed by atoms with van der Waals surface area (Å²) in [5.74, 6) is -0.303. The molecule has 0 aliphatic heterocycles. The van der Waals surface area contributed by atoms with Crippen LogP contribution in [0.1, 0.15) is 24.2 Å². The van der Waals surface area contributed by atoms with Gasteiger partial charge in [-0.1, -0.05) is 18.2 Å². The minimum atomic E-state index is -0.564. The Bertz CT molecular complexity index is 697. The van der Waals surface area contributed by atoms with Crippen LogP contribution in [0.5, 0.6) is 5.75 Å². The molecule has 0 aromatic heterocycles. The molecule has 2 rings (SSSR count). The van der Waals surface area contributed by atoms with Crippen molar-refractivity contribution in [2.45, 2.75) is 19.4 Å². The highest BCUT2D eigenvalue weighted by atomic mass is 35.5. The molecule has 0 unspecified atom stereocenters. The van der Waals surface area contributed by atoms with Crippen LogP contribution in [-0.4, -0.2) is 25.1 Å². The fourth-order valence-electron chi connectivity index (χ4n) is 2.07. The lowest BCUT2D eigenvalue weighted by Crippen LogP contribution is -2.45. The predicted molar refractivity (Wildman–Crippen MR) is 96.2 cm³/mol. The van der Waals surface area contributed by atoms with Crippen molar-refractivity contribution in [1.29, 1.82) is 0 Å². The van der Waals surface area contributed by atoms with Gasteiger partial charge in [0.1, 0.15) is 11.6 Å². The summed E-state index contributed by atoms with van der Waals surface area (Å²) in [6.45, 7) is 3.85. The van der Waals surface area contributed by atoms with Crippen molar-refractivity contribution in [3.05, 3.63) is 53.8 Å².